The summed E-state index contributed by atoms with van der Waals surface area (Å²) in [6, 6.07) is 0. The van der Waals surface area contributed by atoms with E-state index in [9.17, 15) is 4.79 Å². The second kappa shape index (κ2) is 5.31. The molecule has 0 saturated heterocycles. The van der Waals surface area contributed by atoms with Gasteiger partial charge in [-0.2, -0.15) is 0 Å². The summed E-state index contributed by atoms with van der Waals surface area (Å²) in [5.74, 6) is 4.64. The number of H-pyrrole nitrogens is 1. The largest absolute Gasteiger partial charge is 0.348 e. The Balaban J connectivity index is 1.48. The number of hydrogen-bond donors (Lipinski definition) is 1. The van der Waals surface area contributed by atoms with Crippen molar-refractivity contribution in [2.45, 2.75) is 71.1 Å². The maximum Gasteiger partial charge on any atom is 0.155 e. The number of carbonyl (C=O) groups is 1. The predicted octanol–water partition coefficient (Wildman–Crippen LogP) is 5.03. The van der Waals surface area contributed by atoms with Gasteiger partial charge in [0, 0.05) is 24.7 Å². The van der Waals surface area contributed by atoms with Crippen molar-refractivity contribution in [1.82, 2.24) is 9.97 Å². The van der Waals surface area contributed by atoms with Gasteiger partial charge in [0.25, 0.3) is 0 Å². The van der Waals surface area contributed by atoms with Crippen LogP contribution in [0, 0.1) is 28.6 Å². The third-order valence-corrected chi connectivity index (χ3v) is 8.81. The first-order valence-corrected chi connectivity index (χ1v) is 10.3. The number of hydrogen-bond acceptors (Lipinski definition) is 2. The highest BCUT2D eigenvalue weighted by Gasteiger charge is 2.59. The van der Waals surface area contributed by atoms with Crippen LogP contribution in [0.4, 0.5) is 0 Å². The van der Waals surface area contributed by atoms with Gasteiger partial charge >= 0.3 is 0 Å². The fourth-order valence-electron chi connectivity index (χ4n) is 7.48. The molecule has 3 fully saturated rings. The van der Waals surface area contributed by atoms with E-state index in [2.05, 4.69) is 23.8 Å². The number of allylic oxidation sites excluding steroid dienone is 1. The van der Waals surface area contributed by atoms with Crippen LogP contribution in [0.25, 0.3) is 0 Å². The van der Waals surface area contributed by atoms with E-state index in [1.54, 1.807) is 0 Å². The van der Waals surface area contributed by atoms with Crippen molar-refractivity contribution in [3.05, 3.63) is 29.9 Å². The molecule has 134 valence electrons. The molecule has 3 heteroatoms. The van der Waals surface area contributed by atoms with Gasteiger partial charge in [-0.25, -0.2) is 4.98 Å². The van der Waals surface area contributed by atoms with Crippen molar-refractivity contribution < 1.29 is 4.79 Å². The van der Waals surface area contributed by atoms with Gasteiger partial charge in [0.05, 0.1) is 0 Å². The van der Waals surface area contributed by atoms with Gasteiger partial charge in [-0.05, 0) is 79.6 Å². The maximum absolute atomic E-state index is 11.9. The zero-order valence-corrected chi connectivity index (χ0v) is 15.6. The molecule has 6 atom stereocenters. The molecule has 0 unspecified atom stereocenters. The van der Waals surface area contributed by atoms with E-state index in [0.717, 1.165) is 37.0 Å². The lowest BCUT2D eigenvalue weighted by Crippen LogP contribution is -2.50. The van der Waals surface area contributed by atoms with E-state index in [1.807, 2.05) is 18.5 Å². The molecule has 0 aromatic carbocycles. The third-order valence-electron chi connectivity index (χ3n) is 8.81. The molecule has 3 nitrogen and oxygen atoms in total. The Morgan fingerprint density at radius 3 is 2.76 bits per heavy atom. The first-order chi connectivity index (χ1) is 12.0. The molecule has 0 radical (unpaired) electrons. The average molecular weight is 338 g/mol. The zero-order valence-electron chi connectivity index (χ0n) is 15.6. The summed E-state index contributed by atoms with van der Waals surface area (Å²) < 4.78 is 0. The zero-order chi connectivity index (χ0) is 17.2. The summed E-state index contributed by atoms with van der Waals surface area (Å²) in [5, 5.41) is 0. The van der Waals surface area contributed by atoms with Gasteiger partial charge in [-0.15, -0.1) is 0 Å². The maximum atomic E-state index is 11.9. The highest BCUT2D eigenvalue weighted by molar-refractivity contribution is 5.91. The Bertz CT molecular complexity index is 720. The van der Waals surface area contributed by atoms with Gasteiger partial charge in [-0.3, -0.25) is 4.79 Å². The quantitative estimate of drug-likeness (QED) is 0.781. The van der Waals surface area contributed by atoms with Gasteiger partial charge < -0.3 is 4.98 Å². The molecule has 1 N–H and O–H groups in total. The van der Waals surface area contributed by atoms with Gasteiger partial charge in [0.15, 0.2) is 5.78 Å². The molecule has 1 heterocycles. The highest BCUT2D eigenvalue weighted by atomic mass is 16.1. The van der Waals surface area contributed by atoms with Crippen LogP contribution in [-0.2, 0) is 4.79 Å². The molecule has 1 aromatic heterocycles. The minimum absolute atomic E-state index is 0.293. The molecule has 0 amide bonds. The number of nitrogens with zero attached hydrogens (tertiary/aromatic N) is 1. The van der Waals surface area contributed by atoms with Crippen LogP contribution in [0.1, 0.15) is 77.0 Å². The molecule has 1 aromatic rings. The van der Waals surface area contributed by atoms with Crippen molar-refractivity contribution in [2.24, 2.45) is 28.6 Å². The number of carbonyl (C=O) groups excluding carboxylic acids is 1. The van der Waals surface area contributed by atoms with Crippen molar-refractivity contribution in [1.29, 1.82) is 0 Å². The van der Waals surface area contributed by atoms with Crippen molar-refractivity contribution in [3.8, 4) is 0 Å². The van der Waals surface area contributed by atoms with Crippen LogP contribution >= 0.6 is 0 Å². The molecule has 4 aliphatic carbocycles. The number of ketones is 1. The van der Waals surface area contributed by atoms with Crippen LogP contribution in [0.2, 0.25) is 0 Å². The predicted molar refractivity (Wildman–Crippen MR) is 98.0 cm³/mol. The number of aromatic nitrogens is 2. The van der Waals surface area contributed by atoms with Crippen molar-refractivity contribution >= 4 is 5.78 Å². The van der Waals surface area contributed by atoms with Crippen molar-refractivity contribution in [3.63, 3.8) is 0 Å². The minimum Gasteiger partial charge on any atom is -0.348 e. The summed E-state index contributed by atoms with van der Waals surface area (Å²) in [6.07, 6.45) is 15.5. The van der Waals surface area contributed by atoms with Crippen LogP contribution < -0.4 is 0 Å². The second-order valence-corrected chi connectivity index (χ2v) is 9.62. The Labute approximate surface area is 150 Å². The molecular weight excluding hydrogens is 308 g/mol. The van der Waals surface area contributed by atoms with Crippen molar-refractivity contribution in [2.75, 3.05) is 0 Å². The summed E-state index contributed by atoms with van der Waals surface area (Å²) in [5.41, 5.74) is 2.18. The van der Waals surface area contributed by atoms with Crippen LogP contribution in [0.3, 0.4) is 0 Å². The topological polar surface area (TPSA) is 45.8 Å². The number of imidazole rings is 1. The van der Waals surface area contributed by atoms with E-state index in [0.29, 0.717) is 22.5 Å². The summed E-state index contributed by atoms with van der Waals surface area (Å²) in [4.78, 5) is 20.0. The van der Waals surface area contributed by atoms with Gasteiger partial charge in [-0.1, -0.05) is 19.4 Å². The first-order valence-electron chi connectivity index (χ1n) is 10.3. The second-order valence-electron chi connectivity index (χ2n) is 9.62. The Kier molecular flexibility index (Phi) is 3.37. The van der Waals surface area contributed by atoms with Crippen LogP contribution in [0.5, 0.6) is 0 Å². The Hall–Kier alpha value is -1.38. The number of aromatic amines is 1. The summed E-state index contributed by atoms with van der Waals surface area (Å²) in [7, 11) is 0. The molecule has 3 saturated carbocycles. The van der Waals surface area contributed by atoms with Gasteiger partial charge in [0.1, 0.15) is 5.82 Å². The molecular formula is C22H30N2O. The fraction of sp³-hybridized carbons (Fsp3) is 0.727. The number of rotatable bonds is 1. The highest BCUT2D eigenvalue weighted by Crippen LogP contribution is 2.68. The summed E-state index contributed by atoms with van der Waals surface area (Å²) >= 11 is 0. The molecule has 0 bridgehead atoms. The SMILES string of the molecule is C[C@]12CC[C@H]3[C@@H](CCC4=CC(=O)CC[C@@]43C)[C@@H]1CC[C@@H]2c1ncc[nH]1. The molecule has 25 heavy (non-hydrogen) atoms. The van der Waals surface area contributed by atoms with Crippen LogP contribution in [0.15, 0.2) is 24.0 Å². The molecule has 0 spiro atoms. The van der Waals surface area contributed by atoms with E-state index in [4.69, 9.17) is 0 Å². The van der Waals surface area contributed by atoms with E-state index in [1.165, 1.54) is 43.5 Å². The average Bonchev–Trinajstić information content (AvgIpc) is 3.22. The molecule has 5 rings (SSSR count). The fourth-order valence-corrected chi connectivity index (χ4v) is 7.48. The normalized spacial score (nSPS) is 46.2. The Morgan fingerprint density at radius 2 is 1.96 bits per heavy atom. The standard InChI is InChI=1S/C22H30N2O/c1-21-9-7-15(25)13-14(21)3-4-16-17-5-6-19(20-23-11-12-24-20)22(17,2)10-8-18(16)21/h11-13,16-19H,3-10H2,1-2H3,(H,23,24)/t16-,17-,18-,19+,21-,22-/m0/s1. The minimum atomic E-state index is 0.293. The van der Waals surface area contributed by atoms with E-state index in [-0.39, 0.29) is 0 Å². The lowest BCUT2D eigenvalue weighted by molar-refractivity contribution is -0.117. The van der Waals surface area contributed by atoms with E-state index >= 15 is 0 Å². The molecule has 0 aliphatic heterocycles. The van der Waals surface area contributed by atoms with Crippen LogP contribution in [-0.4, -0.2) is 15.8 Å². The lowest BCUT2D eigenvalue weighted by Gasteiger charge is -2.58. The first kappa shape index (κ1) is 15.8. The molecule has 4 aliphatic rings. The monoisotopic (exact) mass is 338 g/mol. The lowest BCUT2D eigenvalue weighted by atomic mass is 9.47. The number of fused-ring (bicyclic) bond motifs is 5. The Morgan fingerprint density at radius 1 is 1.08 bits per heavy atom. The van der Waals surface area contributed by atoms with Gasteiger partial charge in [0.2, 0.25) is 0 Å². The smallest absolute Gasteiger partial charge is 0.155 e. The third kappa shape index (κ3) is 2.10. The van der Waals surface area contributed by atoms with E-state index < -0.39 is 0 Å². The summed E-state index contributed by atoms with van der Waals surface area (Å²) in [6.45, 7) is 5.02. The number of nitrogens with one attached hydrogen (secondary N) is 1.